The van der Waals surface area contributed by atoms with Crippen molar-refractivity contribution in [1.82, 2.24) is 20.4 Å². The Morgan fingerprint density at radius 1 is 1.07 bits per heavy atom. The van der Waals surface area contributed by atoms with E-state index in [4.69, 9.17) is 0 Å². The van der Waals surface area contributed by atoms with E-state index < -0.39 is 0 Å². The average Bonchev–Trinajstić information content (AvgIpc) is 3.34. The molecule has 0 aromatic heterocycles. The van der Waals surface area contributed by atoms with Gasteiger partial charge in [-0.2, -0.15) is 0 Å². The van der Waals surface area contributed by atoms with Crippen molar-refractivity contribution in [3.63, 3.8) is 0 Å². The van der Waals surface area contributed by atoms with Crippen LogP contribution in [0.1, 0.15) is 58.3 Å². The number of likely N-dealkylation sites (tertiary alicyclic amines) is 2. The molecule has 2 unspecified atom stereocenters. The second-order valence-corrected chi connectivity index (χ2v) is 8.28. The summed E-state index contributed by atoms with van der Waals surface area (Å²) >= 11 is 0. The van der Waals surface area contributed by atoms with E-state index in [2.05, 4.69) is 32.3 Å². The van der Waals surface area contributed by atoms with E-state index in [1.165, 1.54) is 38.6 Å². The van der Waals surface area contributed by atoms with Gasteiger partial charge in [0.25, 0.3) is 0 Å². The normalized spacial score (nSPS) is 27.5. The molecule has 1 aliphatic carbocycles. The van der Waals surface area contributed by atoms with Crippen molar-refractivity contribution in [2.24, 2.45) is 10.9 Å². The third-order valence-corrected chi connectivity index (χ3v) is 6.40. The Balaban J connectivity index is 0.00000261. The molecule has 2 saturated heterocycles. The highest BCUT2D eigenvalue weighted by Crippen LogP contribution is 2.27. The van der Waals surface area contributed by atoms with E-state index in [1.54, 1.807) is 0 Å². The van der Waals surface area contributed by atoms with Gasteiger partial charge >= 0.3 is 0 Å². The first-order valence-corrected chi connectivity index (χ1v) is 10.7. The fourth-order valence-corrected chi connectivity index (χ4v) is 4.70. The molecule has 0 radical (unpaired) electrons. The van der Waals surface area contributed by atoms with Gasteiger partial charge in [0.2, 0.25) is 5.91 Å². The van der Waals surface area contributed by atoms with Crippen LogP contribution in [-0.2, 0) is 4.79 Å². The molecule has 2 N–H and O–H groups in total. The summed E-state index contributed by atoms with van der Waals surface area (Å²) in [7, 11) is 1.83. The molecule has 3 fully saturated rings. The van der Waals surface area contributed by atoms with Gasteiger partial charge in [0.15, 0.2) is 5.96 Å². The largest absolute Gasteiger partial charge is 0.355 e. The van der Waals surface area contributed by atoms with Crippen molar-refractivity contribution in [2.75, 3.05) is 39.8 Å². The number of piperidine rings is 1. The zero-order valence-electron chi connectivity index (χ0n) is 17.1. The van der Waals surface area contributed by atoms with Gasteiger partial charge in [-0.25, -0.2) is 0 Å². The van der Waals surface area contributed by atoms with E-state index >= 15 is 0 Å². The molecule has 7 heteroatoms. The Morgan fingerprint density at radius 2 is 1.81 bits per heavy atom. The first-order chi connectivity index (χ1) is 12.7. The SMILES string of the molecule is CN=C(NCCN1CCCCC1C)NC1CCN(C(=O)C2CCCC2)C1.I. The van der Waals surface area contributed by atoms with E-state index in [9.17, 15) is 4.79 Å². The highest BCUT2D eigenvalue weighted by molar-refractivity contribution is 14.0. The van der Waals surface area contributed by atoms with Crippen LogP contribution in [0.15, 0.2) is 4.99 Å². The molecule has 0 spiro atoms. The lowest BCUT2D eigenvalue weighted by Crippen LogP contribution is -2.48. The molecule has 0 aromatic carbocycles. The highest BCUT2D eigenvalue weighted by Gasteiger charge is 2.32. The second-order valence-electron chi connectivity index (χ2n) is 8.28. The van der Waals surface area contributed by atoms with Gasteiger partial charge in [0, 0.05) is 51.2 Å². The quantitative estimate of drug-likeness (QED) is 0.353. The Morgan fingerprint density at radius 3 is 2.52 bits per heavy atom. The van der Waals surface area contributed by atoms with Crippen molar-refractivity contribution in [2.45, 2.75) is 70.4 Å². The minimum atomic E-state index is 0. The van der Waals surface area contributed by atoms with Crippen LogP contribution in [0.2, 0.25) is 0 Å². The Hall–Kier alpha value is -0.570. The summed E-state index contributed by atoms with van der Waals surface area (Å²) in [5.74, 6) is 1.54. The van der Waals surface area contributed by atoms with Crippen molar-refractivity contribution < 1.29 is 4.79 Å². The van der Waals surface area contributed by atoms with E-state index in [-0.39, 0.29) is 29.9 Å². The van der Waals surface area contributed by atoms with Crippen LogP contribution < -0.4 is 10.6 Å². The van der Waals surface area contributed by atoms with Gasteiger partial charge in [-0.3, -0.25) is 14.7 Å². The molecular formula is C20H38IN5O. The van der Waals surface area contributed by atoms with Crippen LogP contribution in [0.4, 0.5) is 0 Å². The van der Waals surface area contributed by atoms with Crippen LogP contribution in [0.3, 0.4) is 0 Å². The summed E-state index contributed by atoms with van der Waals surface area (Å²) in [4.78, 5) is 21.6. The molecular weight excluding hydrogens is 453 g/mol. The van der Waals surface area contributed by atoms with E-state index in [1.807, 2.05) is 7.05 Å². The summed E-state index contributed by atoms with van der Waals surface area (Å²) < 4.78 is 0. The Kier molecular flexibility index (Phi) is 9.62. The summed E-state index contributed by atoms with van der Waals surface area (Å²) in [5, 5.41) is 6.97. The fourth-order valence-electron chi connectivity index (χ4n) is 4.70. The summed E-state index contributed by atoms with van der Waals surface area (Å²) in [6.07, 6.45) is 9.64. The number of rotatable bonds is 5. The lowest BCUT2D eigenvalue weighted by molar-refractivity contribution is -0.134. The van der Waals surface area contributed by atoms with Crippen LogP contribution in [-0.4, -0.2) is 73.5 Å². The minimum absolute atomic E-state index is 0. The lowest BCUT2D eigenvalue weighted by Gasteiger charge is -2.33. The van der Waals surface area contributed by atoms with Crippen molar-refractivity contribution >= 4 is 35.8 Å². The number of nitrogens with one attached hydrogen (secondary N) is 2. The predicted octanol–water partition coefficient (Wildman–Crippen LogP) is 2.43. The first-order valence-electron chi connectivity index (χ1n) is 10.7. The third kappa shape index (κ3) is 6.48. The number of hydrogen-bond donors (Lipinski definition) is 2. The van der Waals surface area contributed by atoms with Gasteiger partial charge in [-0.15, -0.1) is 24.0 Å². The Labute approximate surface area is 181 Å². The number of amides is 1. The zero-order valence-corrected chi connectivity index (χ0v) is 19.4. The molecule has 2 atom stereocenters. The van der Waals surface area contributed by atoms with Crippen molar-refractivity contribution in [3.8, 4) is 0 Å². The standard InChI is InChI=1S/C20H37N5O.HI/c1-16-7-5-6-12-24(16)14-11-22-20(21-2)23-18-10-13-25(15-18)19(26)17-8-3-4-9-17;/h16-18H,3-15H2,1-2H3,(H2,21,22,23);1H. The number of guanidine groups is 1. The molecule has 2 aliphatic heterocycles. The minimum Gasteiger partial charge on any atom is -0.355 e. The lowest BCUT2D eigenvalue weighted by atomic mass is 10.0. The molecule has 3 rings (SSSR count). The van der Waals surface area contributed by atoms with Crippen molar-refractivity contribution in [1.29, 1.82) is 0 Å². The van der Waals surface area contributed by atoms with E-state index in [0.717, 1.165) is 51.4 Å². The van der Waals surface area contributed by atoms with Crippen LogP contribution in [0.5, 0.6) is 0 Å². The van der Waals surface area contributed by atoms with Gasteiger partial charge in [-0.05, 0) is 45.6 Å². The van der Waals surface area contributed by atoms with Gasteiger partial charge in [0.05, 0.1) is 0 Å². The van der Waals surface area contributed by atoms with Crippen molar-refractivity contribution in [3.05, 3.63) is 0 Å². The maximum absolute atomic E-state index is 12.6. The number of carbonyl (C=O) groups is 1. The molecule has 0 aromatic rings. The van der Waals surface area contributed by atoms with Crippen LogP contribution in [0.25, 0.3) is 0 Å². The smallest absolute Gasteiger partial charge is 0.225 e. The number of aliphatic imine (C=N–C) groups is 1. The molecule has 3 aliphatic rings. The van der Waals surface area contributed by atoms with Gasteiger partial charge in [0.1, 0.15) is 0 Å². The number of nitrogens with zero attached hydrogens (tertiary/aromatic N) is 3. The first kappa shape index (κ1) is 22.7. The van der Waals surface area contributed by atoms with E-state index in [0.29, 0.717) is 18.0 Å². The molecule has 156 valence electrons. The molecule has 0 bridgehead atoms. The maximum Gasteiger partial charge on any atom is 0.225 e. The van der Waals surface area contributed by atoms with Gasteiger partial charge < -0.3 is 15.5 Å². The second kappa shape index (κ2) is 11.4. The number of hydrogen-bond acceptors (Lipinski definition) is 3. The molecule has 1 amide bonds. The fraction of sp³-hybridized carbons (Fsp3) is 0.900. The summed E-state index contributed by atoms with van der Waals surface area (Å²) in [6.45, 7) is 7.24. The van der Waals surface area contributed by atoms with Crippen LogP contribution in [0, 0.1) is 5.92 Å². The summed E-state index contributed by atoms with van der Waals surface area (Å²) in [5.41, 5.74) is 0. The topological polar surface area (TPSA) is 60.0 Å². The highest BCUT2D eigenvalue weighted by atomic mass is 127. The monoisotopic (exact) mass is 491 g/mol. The maximum atomic E-state index is 12.6. The average molecular weight is 491 g/mol. The molecule has 6 nitrogen and oxygen atoms in total. The molecule has 27 heavy (non-hydrogen) atoms. The van der Waals surface area contributed by atoms with Crippen LogP contribution >= 0.6 is 24.0 Å². The zero-order chi connectivity index (χ0) is 18.4. The number of carbonyl (C=O) groups excluding carboxylic acids is 1. The third-order valence-electron chi connectivity index (χ3n) is 6.40. The molecule has 1 saturated carbocycles. The molecule has 2 heterocycles. The predicted molar refractivity (Wildman–Crippen MR) is 122 cm³/mol. The Bertz CT molecular complexity index is 495. The number of halogens is 1. The summed E-state index contributed by atoms with van der Waals surface area (Å²) in [6, 6.07) is 1.02. The van der Waals surface area contributed by atoms with Gasteiger partial charge in [-0.1, -0.05) is 19.3 Å².